The third-order valence-corrected chi connectivity index (χ3v) is 7.28. The van der Waals surface area contributed by atoms with Gasteiger partial charge in [-0.05, 0) is 69.6 Å². The van der Waals surface area contributed by atoms with Gasteiger partial charge in [-0.2, -0.15) is 0 Å². The topological polar surface area (TPSA) is 38.1 Å². The van der Waals surface area contributed by atoms with Crippen LogP contribution in [0.1, 0.15) is 77.1 Å². The Hall–Kier alpha value is -1.49. The number of allylic oxidation sites excluding steroid dienone is 2. The molecule has 0 saturated heterocycles. The van der Waals surface area contributed by atoms with Crippen LogP contribution in [0.2, 0.25) is 0 Å². The summed E-state index contributed by atoms with van der Waals surface area (Å²) in [5, 5.41) is 3.44. The van der Waals surface area contributed by atoms with E-state index in [4.69, 9.17) is 9.40 Å². The van der Waals surface area contributed by atoms with E-state index in [2.05, 4.69) is 50.4 Å². The van der Waals surface area contributed by atoms with Crippen molar-refractivity contribution in [3.63, 3.8) is 0 Å². The number of alkyl halides is 2. The fourth-order valence-electron chi connectivity index (χ4n) is 5.19. The van der Waals surface area contributed by atoms with Gasteiger partial charge < -0.3 is 9.73 Å². The van der Waals surface area contributed by atoms with Crippen molar-refractivity contribution in [1.82, 2.24) is 10.3 Å². The van der Waals surface area contributed by atoms with E-state index in [0.29, 0.717) is 25.9 Å². The van der Waals surface area contributed by atoms with Crippen molar-refractivity contribution in [3.05, 3.63) is 29.5 Å². The third-order valence-electron chi connectivity index (χ3n) is 7.28. The number of hydrogen-bond donors (Lipinski definition) is 1. The Bertz CT molecular complexity index is 738. The molecule has 3 aliphatic rings. The lowest BCUT2D eigenvalue weighted by Crippen LogP contribution is -2.56. The van der Waals surface area contributed by atoms with Crippen LogP contribution in [0.5, 0.6) is 0 Å². The minimum atomic E-state index is -1.01. The minimum absolute atomic E-state index is 0.0139. The van der Waals surface area contributed by atoms with Gasteiger partial charge in [-0.15, -0.1) is 0 Å². The molecule has 2 saturated carbocycles. The number of halogens is 2. The third kappa shape index (κ3) is 3.47. The van der Waals surface area contributed by atoms with Gasteiger partial charge in [0.25, 0.3) is 0 Å². The Morgan fingerprint density at radius 3 is 2.25 bits per heavy atom. The van der Waals surface area contributed by atoms with E-state index in [1.165, 1.54) is 0 Å². The van der Waals surface area contributed by atoms with Crippen LogP contribution in [0, 0.1) is 16.7 Å². The second kappa shape index (κ2) is 7.08. The normalized spacial score (nSPS) is 38.8. The number of hydrogen-bond acceptors (Lipinski definition) is 3. The highest BCUT2D eigenvalue weighted by atomic mass is 19.1. The Labute approximate surface area is 167 Å². The molecule has 1 aromatic rings. The van der Waals surface area contributed by atoms with Crippen molar-refractivity contribution >= 4 is 12.2 Å². The maximum atomic E-state index is 14.4. The smallest absolute Gasteiger partial charge is 0.215 e. The van der Waals surface area contributed by atoms with Gasteiger partial charge in [-0.3, -0.25) is 4.39 Å². The van der Waals surface area contributed by atoms with E-state index < -0.39 is 5.67 Å². The van der Waals surface area contributed by atoms with Crippen molar-refractivity contribution in [2.45, 2.75) is 71.0 Å². The van der Waals surface area contributed by atoms with E-state index in [1.54, 1.807) is 6.92 Å². The standard InChI is InChI=1S/C22H31FN2O.CH3F/c1-15(2)19(3)8-6-16-17(7-9-19)26-18(25-16)22(24-5)13-21(14-22)11-10-20(4,23)12-21;1-2/h6-9,15,24H,10-14H2,1-5H3;1H3. The number of aromatic nitrogens is 1. The van der Waals surface area contributed by atoms with Gasteiger partial charge in [0.1, 0.15) is 11.4 Å². The first kappa shape index (κ1) is 21.2. The lowest BCUT2D eigenvalue weighted by Gasteiger charge is -2.53. The fraction of sp³-hybridized carbons (Fsp3) is 0.696. The highest BCUT2D eigenvalue weighted by Crippen LogP contribution is 2.64. The lowest BCUT2D eigenvalue weighted by molar-refractivity contribution is -0.0218. The zero-order valence-corrected chi connectivity index (χ0v) is 18.0. The number of fused-ring (bicyclic) bond motifs is 1. The van der Waals surface area contributed by atoms with E-state index in [0.717, 1.165) is 36.6 Å². The van der Waals surface area contributed by atoms with Gasteiger partial charge in [0.15, 0.2) is 5.76 Å². The summed E-state index contributed by atoms with van der Waals surface area (Å²) >= 11 is 0. The lowest BCUT2D eigenvalue weighted by atomic mass is 9.56. The molecule has 3 nitrogen and oxygen atoms in total. The van der Waals surface area contributed by atoms with Gasteiger partial charge in [0.05, 0.1) is 12.7 Å². The first-order valence-electron chi connectivity index (χ1n) is 10.3. The summed E-state index contributed by atoms with van der Waals surface area (Å²) in [5.74, 6) is 2.09. The molecule has 0 amide bonds. The molecule has 2 unspecified atom stereocenters. The molecule has 2 atom stereocenters. The van der Waals surface area contributed by atoms with Crippen molar-refractivity contribution in [2.24, 2.45) is 16.7 Å². The van der Waals surface area contributed by atoms with Gasteiger partial charge in [-0.25, -0.2) is 9.37 Å². The maximum Gasteiger partial charge on any atom is 0.215 e. The number of rotatable bonds is 3. The van der Waals surface area contributed by atoms with E-state index in [1.807, 2.05) is 7.05 Å². The highest BCUT2D eigenvalue weighted by molar-refractivity contribution is 5.63. The molecule has 0 aliphatic heterocycles. The summed E-state index contributed by atoms with van der Waals surface area (Å²) in [6.07, 6.45) is 12.7. The molecular weight excluding hydrogens is 358 g/mol. The Morgan fingerprint density at radius 2 is 1.71 bits per heavy atom. The molecule has 0 bridgehead atoms. The minimum Gasteiger partial charge on any atom is -0.439 e. The molecule has 0 aromatic carbocycles. The summed E-state index contributed by atoms with van der Waals surface area (Å²) in [7, 11) is 2.47. The summed E-state index contributed by atoms with van der Waals surface area (Å²) in [4.78, 5) is 4.83. The van der Waals surface area contributed by atoms with E-state index >= 15 is 0 Å². The maximum absolute atomic E-state index is 14.4. The number of nitrogens with zero attached hydrogens (tertiary/aromatic N) is 1. The quantitative estimate of drug-likeness (QED) is 0.678. The molecule has 1 aromatic heterocycles. The first-order valence-corrected chi connectivity index (χ1v) is 10.3. The highest BCUT2D eigenvalue weighted by Gasteiger charge is 2.61. The molecule has 2 fully saturated rings. The van der Waals surface area contributed by atoms with Gasteiger partial charge >= 0.3 is 0 Å². The van der Waals surface area contributed by atoms with Crippen LogP contribution in [-0.2, 0) is 5.54 Å². The van der Waals surface area contributed by atoms with Crippen LogP contribution in [0.3, 0.4) is 0 Å². The van der Waals surface area contributed by atoms with Crippen molar-refractivity contribution < 1.29 is 13.2 Å². The van der Waals surface area contributed by atoms with Crippen LogP contribution in [-0.4, -0.2) is 24.9 Å². The fourth-order valence-corrected chi connectivity index (χ4v) is 5.19. The van der Waals surface area contributed by atoms with Crippen LogP contribution in [0.15, 0.2) is 16.6 Å². The zero-order chi connectivity index (χ0) is 20.8. The average Bonchev–Trinajstić information content (AvgIpc) is 3.14. The first-order chi connectivity index (χ1) is 13.1. The largest absolute Gasteiger partial charge is 0.439 e. The molecule has 1 heterocycles. The summed E-state index contributed by atoms with van der Waals surface area (Å²) in [6.45, 7) is 8.43. The summed E-state index contributed by atoms with van der Waals surface area (Å²) < 4.78 is 30.1. The number of nitrogens with one attached hydrogen (secondary N) is 1. The van der Waals surface area contributed by atoms with E-state index in [-0.39, 0.29) is 16.4 Å². The monoisotopic (exact) mass is 392 g/mol. The Kier molecular flexibility index (Phi) is 5.37. The molecule has 28 heavy (non-hydrogen) atoms. The molecule has 156 valence electrons. The average molecular weight is 393 g/mol. The van der Waals surface area contributed by atoms with Gasteiger partial charge in [-0.1, -0.05) is 32.9 Å². The molecule has 4 rings (SSSR count). The molecule has 1 spiro atoms. The van der Waals surface area contributed by atoms with Crippen LogP contribution < -0.4 is 5.32 Å². The van der Waals surface area contributed by atoms with Crippen LogP contribution in [0.4, 0.5) is 8.78 Å². The second-order valence-corrected chi connectivity index (χ2v) is 9.73. The van der Waals surface area contributed by atoms with Gasteiger partial charge in [0.2, 0.25) is 5.89 Å². The predicted molar refractivity (Wildman–Crippen MR) is 110 cm³/mol. The molecule has 5 heteroatoms. The summed E-state index contributed by atoms with van der Waals surface area (Å²) in [6, 6.07) is 0. The molecule has 0 radical (unpaired) electrons. The predicted octanol–water partition coefficient (Wildman–Crippen LogP) is 6.07. The van der Waals surface area contributed by atoms with Crippen LogP contribution >= 0.6 is 0 Å². The van der Waals surface area contributed by atoms with Crippen molar-refractivity contribution in [3.8, 4) is 0 Å². The zero-order valence-electron chi connectivity index (χ0n) is 18.0. The number of oxazole rings is 1. The molecular formula is C23H34F2N2O. The Balaban J connectivity index is 0.00000109. The van der Waals surface area contributed by atoms with E-state index in [9.17, 15) is 8.78 Å². The van der Waals surface area contributed by atoms with Crippen molar-refractivity contribution in [1.29, 1.82) is 0 Å². The van der Waals surface area contributed by atoms with Gasteiger partial charge in [0, 0.05) is 5.41 Å². The summed E-state index contributed by atoms with van der Waals surface area (Å²) in [5.41, 5.74) is -0.242. The Morgan fingerprint density at radius 1 is 1.07 bits per heavy atom. The van der Waals surface area contributed by atoms with Crippen molar-refractivity contribution in [2.75, 3.05) is 14.2 Å². The molecule has 1 N–H and O–H groups in total. The SMILES string of the molecule is CF.CNC1(c2nc3c(o2)C=CC(C)(C(C)C)C=C3)CC2(CCC(C)(F)C2)C1. The van der Waals surface area contributed by atoms with Crippen LogP contribution in [0.25, 0.3) is 12.2 Å². The molecule has 3 aliphatic carbocycles. The second-order valence-electron chi connectivity index (χ2n) is 9.73.